The molecule has 3 rings (SSSR count). The monoisotopic (exact) mass is 276 g/mol. The zero-order valence-electron chi connectivity index (χ0n) is 12.3. The molecule has 2 aromatic rings. The highest BCUT2D eigenvalue weighted by Gasteiger charge is 2.24. The number of halogens is 1. The molecule has 0 radical (unpaired) electrons. The quantitative estimate of drug-likeness (QED) is 0.858. The third kappa shape index (κ3) is 1.84. The van der Waals surface area contributed by atoms with Gasteiger partial charge < -0.3 is 15.2 Å². The van der Waals surface area contributed by atoms with Gasteiger partial charge in [0.2, 0.25) is 0 Å². The fourth-order valence-electron chi connectivity index (χ4n) is 3.15. The molecule has 0 amide bonds. The van der Waals surface area contributed by atoms with Crippen molar-refractivity contribution in [1.82, 2.24) is 9.55 Å². The summed E-state index contributed by atoms with van der Waals surface area (Å²) in [7, 11) is 1.87. The number of nitrogen functional groups attached to an aromatic ring is 1. The van der Waals surface area contributed by atoms with Gasteiger partial charge >= 0.3 is 0 Å². The molecule has 1 aliphatic rings. The van der Waals surface area contributed by atoms with Crippen LogP contribution >= 0.6 is 0 Å². The third-order valence-corrected chi connectivity index (χ3v) is 4.07. The highest BCUT2D eigenvalue weighted by atomic mass is 19.1. The van der Waals surface area contributed by atoms with E-state index in [1.54, 1.807) is 0 Å². The largest absolute Gasteiger partial charge is 0.397 e. The average molecular weight is 276 g/mol. The first kappa shape index (κ1) is 13.2. The van der Waals surface area contributed by atoms with Gasteiger partial charge in [-0.15, -0.1) is 0 Å². The van der Waals surface area contributed by atoms with Crippen molar-refractivity contribution in [3.05, 3.63) is 17.7 Å². The van der Waals surface area contributed by atoms with Gasteiger partial charge in [-0.05, 0) is 12.8 Å². The number of benzene rings is 1. The summed E-state index contributed by atoms with van der Waals surface area (Å²) in [5.74, 6) is 0.853. The van der Waals surface area contributed by atoms with Crippen molar-refractivity contribution >= 4 is 22.4 Å². The Morgan fingerprint density at radius 3 is 2.55 bits per heavy atom. The van der Waals surface area contributed by atoms with Gasteiger partial charge in [0, 0.05) is 32.1 Å². The SMILES string of the molecule is CC(C)c1nc2c(N3CCCC3)c(N)cc(F)c2n1C. The van der Waals surface area contributed by atoms with Crippen LogP contribution in [0.3, 0.4) is 0 Å². The standard InChI is InChI=1S/C15H21FN4/c1-9(2)15-18-12-13(19(15)3)10(16)8-11(17)14(12)20-6-4-5-7-20/h8-9H,4-7,17H2,1-3H3. The maximum Gasteiger partial charge on any atom is 0.151 e. The van der Waals surface area contributed by atoms with Crippen molar-refractivity contribution < 1.29 is 4.39 Å². The Labute approximate surface area is 118 Å². The van der Waals surface area contributed by atoms with Crippen LogP contribution in [0.2, 0.25) is 0 Å². The van der Waals surface area contributed by atoms with Gasteiger partial charge in [0.05, 0.1) is 11.4 Å². The second kappa shape index (κ2) is 4.65. The summed E-state index contributed by atoms with van der Waals surface area (Å²) in [6, 6.07) is 1.43. The van der Waals surface area contributed by atoms with Crippen molar-refractivity contribution in [1.29, 1.82) is 0 Å². The molecule has 2 N–H and O–H groups in total. The second-order valence-corrected chi connectivity index (χ2v) is 5.87. The van der Waals surface area contributed by atoms with Crippen molar-refractivity contribution in [3.63, 3.8) is 0 Å². The van der Waals surface area contributed by atoms with E-state index in [2.05, 4.69) is 23.7 Å². The molecule has 1 aromatic carbocycles. The number of hydrogen-bond donors (Lipinski definition) is 1. The molecule has 0 saturated carbocycles. The highest BCUT2D eigenvalue weighted by Crippen LogP contribution is 2.37. The fourth-order valence-corrected chi connectivity index (χ4v) is 3.15. The number of aryl methyl sites for hydroxylation is 1. The maximum absolute atomic E-state index is 14.3. The summed E-state index contributed by atoms with van der Waals surface area (Å²) < 4.78 is 16.1. The molecule has 0 spiro atoms. The summed E-state index contributed by atoms with van der Waals surface area (Å²) >= 11 is 0. The van der Waals surface area contributed by atoms with E-state index < -0.39 is 0 Å². The number of aromatic nitrogens is 2. The Morgan fingerprint density at radius 2 is 1.95 bits per heavy atom. The van der Waals surface area contributed by atoms with Crippen molar-refractivity contribution in [2.24, 2.45) is 7.05 Å². The summed E-state index contributed by atoms with van der Waals surface area (Å²) in [4.78, 5) is 6.91. The number of fused-ring (bicyclic) bond motifs is 1. The van der Waals surface area contributed by atoms with Crippen LogP contribution in [0.4, 0.5) is 15.8 Å². The Hall–Kier alpha value is -1.78. The van der Waals surface area contributed by atoms with E-state index in [1.807, 2.05) is 11.6 Å². The molecule has 1 fully saturated rings. The summed E-state index contributed by atoms with van der Waals surface area (Å²) in [6.45, 7) is 6.08. The highest BCUT2D eigenvalue weighted by molar-refractivity contribution is 5.96. The van der Waals surface area contributed by atoms with Crippen LogP contribution in [0, 0.1) is 5.82 Å². The molecule has 4 nitrogen and oxygen atoms in total. The van der Waals surface area contributed by atoms with E-state index >= 15 is 0 Å². The number of nitrogens with two attached hydrogens (primary N) is 1. The van der Waals surface area contributed by atoms with E-state index in [4.69, 9.17) is 5.73 Å². The molecule has 5 heteroatoms. The van der Waals surface area contributed by atoms with Crippen LogP contribution in [0.5, 0.6) is 0 Å². The van der Waals surface area contributed by atoms with Crippen molar-refractivity contribution in [3.8, 4) is 0 Å². The second-order valence-electron chi connectivity index (χ2n) is 5.87. The molecular formula is C15H21FN4. The number of rotatable bonds is 2. The maximum atomic E-state index is 14.3. The molecule has 1 saturated heterocycles. The normalized spacial score (nSPS) is 15.8. The van der Waals surface area contributed by atoms with Gasteiger partial charge in [-0.25, -0.2) is 9.37 Å². The van der Waals surface area contributed by atoms with Gasteiger partial charge in [-0.3, -0.25) is 0 Å². The predicted octanol–water partition coefficient (Wildman–Crippen LogP) is 3.02. The van der Waals surface area contributed by atoms with Crippen LogP contribution in [0.25, 0.3) is 11.0 Å². The molecule has 2 heterocycles. The Bertz CT molecular complexity index is 654. The van der Waals surface area contributed by atoms with E-state index in [0.29, 0.717) is 16.7 Å². The first-order valence-corrected chi connectivity index (χ1v) is 7.20. The van der Waals surface area contributed by atoms with E-state index in [9.17, 15) is 4.39 Å². The topological polar surface area (TPSA) is 47.1 Å². The molecular weight excluding hydrogens is 255 g/mol. The smallest absolute Gasteiger partial charge is 0.151 e. The van der Waals surface area contributed by atoms with Gasteiger partial charge in [0.1, 0.15) is 16.9 Å². The Morgan fingerprint density at radius 1 is 1.30 bits per heavy atom. The molecule has 1 aliphatic heterocycles. The van der Waals surface area contributed by atoms with Crippen LogP contribution in [0.15, 0.2) is 6.07 Å². The van der Waals surface area contributed by atoms with Crippen LogP contribution < -0.4 is 10.6 Å². The zero-order valence-corrected chi connectivity index (χ0v) is 12.3. The minimum atomic E-state index is -0.289. The lowest BCUT2D eigenvalue weighted by molar-refractivity contribution is 0.627. The van der Waals surface area contributed by atoms with Gasteiger partial charge in [-0.2, -0.15) is 0 Å². The van der Waals surface area contributed by atoms with Crippen LogP contribution in [-0.4, -0.2) is 22.6 Å². The first-order chi connectivity index (χ1) is 9.50. The summed E-state index contributed by atoms with van der Waals surface area (Å²) in [5, 5.41) is 0. The molecule has 108 valence electrons. The Balaban J connectivity index is 2.31. The molecule has 1 aromatic heterocycles. The zero-order chi connectivity index (χ0) is 14.4. The van der Waals surface area contributed by atoms with Gasteiger partial charge in [-0.1, -0.05) is 13.8 Å². The van der Waals surface area contributed by atoms with Gasteiger partial charge in [0.25, 0.3) is 0 Å². The summed E-state index contributed by atoms with van der Waals surface area (Å²) in [6.07, 6.45) is 2.31. The Kier molecular flexibility index (Phi) is 3.07. The van der Waals surface area contributed by atoms with Crippen molar-refractivity contribution in [2.75, 3.05) is 23.7 Å². The summed E-state index contributed by atoms with van der Waals surface area (Å²) in [5.41, 5.74) is 8.73. The third-order valence-electron chi connectivity index (χ3n) is 4.07. The van der Waals surface area contributed by atoms with Gasteiger partial charge in [0.15, 0.2) is 5.82 Å². The minimum Gasteiger partial charge on any atom is -0.397 e. The molecule has 0 atom stereocenters. The van der Waals surface area contributed by atoms with E-state index in [-0.39, 0.29) is 11.7 Å². The lowest BCUT2D eigenvalue weighted by Gasteiger charge is -2.20. The van der Waals surface area contributed by atoms with Crippen LogP contribution in [0.1, 0.15) is 38.4 Å². The number of imidazole rings is 1. The molecule has 20 heavy (non-hydrogen) atoms. The van der Waals surface area contributed by atoms with Crippen LogP contribution in [-0.2, 0) is 7.05 Å². The average Bonchev–Trinajstić information content (AvgIpc) is 2.97. The predicted molar refractivity (Wildman–Crippen MR) is 80.6 cm³/mol. The number of nitrogens with zero attached hydrogens (tertiary/aromatic N) is 3. The van der Waals surface area contributed by atoms with E-state index in [0.717, 1.165) is 37.4 Å². The molecule has 0 bridgehead atoms. The number of hydrogen-bond acceptors (Lipinski definition) is 3. The minimum absolute atomic E-state index is 0.249. The van der Waals surface area contributed by atoms with Crippen molar-refractivity contribution in [2.45, 2.75) is 32.6 Å². The fraction of sp³-hybridized carbons (Fsp3) is 0.533. The molecule has 0 unspecified atom stereocenters. The van der Waals surface area contributed by atoms with E-state index in [1.165, 1.54) is 6.07 Å². The lowest BCUT2D eigenvalue weighted by Crippen LogP contribution is -2.19. The number of anilines is 2. The molecule has 0 aliphatic carbocycles. The first-order valence-electron chi connectivity index (χ1n) is 7.20. The lowest BCUT2D eigenvalue weighted by atomic mass is 10.2.